The first-order chi connectivity index (χ1) is 21.0. The van der Waals surface area contributed by atoms with Crippen molar-refractivity contribution < 1.29 is 23.9 Å². The zero-order chi connectivity index (χ0) is 31.7. The lowest BCUT2D eigenvalue weighted by atomic mass is 9.97. The van der Waals surface area contributed by atoms with Crippen LogP contribution in [0.15, 0.2) is 109 Å². The molecule has 4 aromatic rings. The van der Waals surface area contributed by atoms with Gasteiger partial charge in [-0.3, -0.25) is 9.59 Å². The smallest absolute Gasteiger partial charge is 0.335 e. The molecule has 0 amide bonds. The highest BCUT2D eigenvalue weighted by atomic mass is 32.2. The van der Waals surface area contributed by atoms with E-state index in [4.69, 9.17) is 9.47 Å². The first-order valence-corrected chi connectivity index (χ1v) is 14.6. The predicted molar refractivity (Wildman–Crippen MR) is 174 cm³/mol. The molecular weight excluding hydrogens is 568 g/mol. The van der Waals surface area contributed by atoms with Crippen LogP contribution in [-0.2, 0) is 9.59 Å². The minimum atomic E-state index is -0.567. The Morgan fingerprint density at radius 2 is 1.14 bits per heavy atom. The summed E-state index contributed by atoms with van der Waals surface area (Å²) in [7, 11) is 0. The maximum Gasteiger partial charge on any atom is 0.335 e. The number of esters is 2. The monoisotopic (exact) mass is 598 g/mol. The molecule has 0 atom stereocenters. The van der Waals surface area contributed by atoms with Gasteiger partial charge in [-0.1, -0.05) is 30.3 Å². The molecule has 0 aliphatic rings. The van der Waals surface area contributed by atoms with E-state index in [-0.39, 0.29) is 11.1 Å². The molecule has 0 bridgehead atoms. The minimum absolute atomic E-state index is 0.115. The van der Waals surface area contributed by atoms with Crippen LogP contribution in [0.3, 0.4) is 0 Å². The molecule has 0 saturated heterocycles. The Labute approximate surface area is 262 Å². The topological polar surface area (TPSA) is 69.7 Å². The largest absolute Gasteiger partial charge is 0.426 e. The van der Waals surface area contributed by atoms with Crippen molar-refractivity contribution in [3.8, 4) is 35.2 Å². The second-order valence-corrected chi connectivity index (χ2v) is 11.8. The summed E-state index contributed by atoms with van der Waals surface area (Å²) in [5.41, 5.74) is 4.24. The van der Waals surface area contributed by atoms with Crippen molar-refractivity contribution in [2.75, 3.05) is 0 Å². The Hall–Kier alpha value is -5.30. The SMILES string of the molecule is C=CC(=O)Oc1ccc(C(=O)Sc2ccc(C#Cc3ccc(C#Cc4ccc(OC(=O)C(C)(C)C)cc4)cc3)cc2C)cc1. The molecule has 5 nitrogen and oxygen atoms in total. The molecular formula is C38H30O5S. The maximum absolute atomic E-state index is 12.8. The van der Waals surface area contributed by atoms with Gasteiger partial charge in [0.2, 0.25) is 5.12 Å². The number of rotatable bonds is 5. The molecule has 0 heterocycles. The summed E-state index contributed by atoms with van der Waals surface area (Å²) < 4.78 is 10.4. The average molecular weight is 599 g/mol. The van der Waals surface area contributed by atoms with Crippen molar-refractivity contribution >= 4 is 28.8 Å². The van der Waals surface area contributed by atoms with Crippen LogP contribution in [0.2, 0.25) is 0 Å². The van der Waals surface area contributed by atoms with Gasteiger partial charge in [-0.15, -0.1) is 0 Å². The van der Waals surface area contributed by atoms with E-state index in [1.165, 1.54) is 0 Å². The number of ether oxygens (including phenoxy) is 2. The van der Waals surface area contributed by atoms with E-state index >= 15 is 0 Å². The zero-order valence-corrected chi connectivity index (χ0v) is 25.7. The second-order valence-electron chi connectivity index (χ2n) is 10.8. The minimum Gasteiger partial charge on any atom is -0.426 e. The fourth-order valence-corrected chi connectivity index (χ4v) is 4.42. The van der Waals surface area contributed by atoms with Crippen molar-refractivity contribution in [3.63, 3.8) is 0 Å². The first-order valence-electron chi connectivity index (χ1n) is 13.7. The molecule has 0 aliphatic heterocycles. The third-order valence-electron chi connectivity index (χ3n) is 6.12. The van der Waals surface area contributed by atoms with E-state index < -0.39 is 11.4 Å². The number of hydrogen-bond acceptors (Lipinski definition) is 6. The van der Waals surface area contributed by atoms with Crippen LogP contribution in [-0.4, -0.2) is 17.1 Å². The number of hydrogen-bond donors (Lipinski definition) is 0. The predicted octanol–water partition coefficient (Wildman–Crippen LogP) is 7.77. The Morgan fingerprint density at radius 3 is 1.64 bits per heavy atom. The summed E-state index contributed by atoms with van der Waals surface area (Å²) in [5.74, 6) is 12.6. The number of benzene rings is 4. The van der Waals surface area contributed by atoms with Gasteiger partial charge in [0.15, 0.2) is 0 Å². The van der Waals surface area contributed by atoms with Gasteiger partial charge < -0.3 is 9.47 Å². The van der Waals surface area contributed by atoms with E-state index in [0.717, 1.165) is 50.6 Å². The Balaban J connectivity index is 1.34. The van der Waals surface area contributed by atoms with Crippen molar-refractivity contribution in [3.05, 3.63) is 137 Å². The first kappa shape index (κ1) is 31.6. The normalized spacial score (nSPS) is 10.4. The number of aryl methyl sites for hydroxylation is 1. The quantitative estimate of drug-likeness (QED) is 0.0769. The van der Waals surface area contributed by atoms with Gasteiger partial charge in [-0.05, 0) is 136 Å². The fraction of sp³-hybridized carbons (Fsp3) is 0.132. The highest BCUT2D eigenvalue weighted by molar-refractivity contribution is 8.14. The highest BCUT2D eigenvalue weighted by Gasteiger charge is 2.23. The Morgan fingerprint density at radius 1 is 0.682 bits per heavy atom. The lowest BCUT2D eigenvalue weighted by Gasteiger charge is -2.16. The molecule has 0 spiro atoms. The van der Waals surface area contributed by atoms with Gasteiger partial charge >= 0.3 is 11.9 Å². The Kier molecular flexibility index (Phi) is 10.2. The molecule has 6 heteroatoms. The summed E-state index contributed by atoms with van der Waals surface area (Å²) in [5, 5.41) is -0.115. The van der Waals surface area contributed by atoms with Crippen LogP contribution >= 0.6 is 11.8 Å². The summed E-state index contributed by atoms with van der Waals surface area (Å²) >= 11 is 1.14. The van der Waals surface area contributed by atoms with Gasteiger partial charge in [0.25, 0.3) is 0 Å². The summed E-state index contributed by atoms with van der Waals surface area (Å²) in [6.07, 6.45) is 1.08. The van der Waals surface area contributed by atoms with Crippen LogP contribution < -0.4 is 9.47 Å². The van der Waals surface area contributed by atoms with Crippen LogP contribution in [0.5, 0.6) is 11.5 Å². The summed E-state index contributed by atoms with van der Waals surface area (Å²) in [4.78, 5) is 37.0. The molecule has 0 fully saturated rings. The molecule has 0 radical (unpaired) electrons. The van der Waals surface area contributed by atoms with E-state index in [1.54, 1.807) is 36.4 Å². The van der Waals surface area contributed by atoms with Crippen molar-refractivity contribution in [1.29, 1.82) is 0 Å². The summed E-state index contributed by atoms with van der Waals surface area (Å²) in [6.45, 7) is 10.7. The van der Waals surface area contributed by atoms with Gasteiger partial charge in [0.1, 0.15) is 11.5 Å². The molecule has 0 saturated carbocycles. The van der Waals surface area contributed by atoms with Crippen molar-refractivity contribution in [1.82, 2.24) is 0 Å². The van der Waals surface area contributed by atoms with Crippen LogP contribution in [0.1, 0.15) is 58.9 Å². The van der Waals surface area contributed by atoms with E-state index in [2.05, 4.69) is 30.3 Å². The van der Waals surface area contributed by atoms with Crippen LogP contribution in [0.25, 0.3) is 0 Å². The lowest BCUT2D eigenvalue weighted by Crippen LogP contribution is -2.25. The number of carbonyl (C=O) groups is 3. The third-order valence-corrected chi connectivity index (χ3v) is 7.22. The molecule has 0 aromatic heterocycles. The van der Waals surface area contributed by atoms with Crippen LogP contribution in [0.4, 0.5) is 0 Å². The van der Waals surface area contributed by atoms with Gasteiger partial charge in [-0.2, -0.15) is 0 Å². The van der Waals surface area contributed by atoms with Crippen molar-refractivity contribution in [2.45, 2.75) is 32.6 Å². The van der Waals surface area contributed by atoms with E-state index in [9.17, 15) is 14.4 Å². The number of carbonyl (C=O) groups excluding carboxylic acids is 3. The molecule has 0 unspecified atom stereocenters. The summed E-state index contributed by atoms with van der Waals surface area (Å²) in [6, 6.07) is 26.9. The van der Waals surface area contributed by atoms with Crippen LogP contribution in [0, 0.1) is 36.0 Å². The maximum atomic E-state index is 12.8. The van der Waals surface area contributed by atoms with Crippen molar-refractivity contribution in [2.24, 2.45) is 5.41 Å². The van der Waals surface area contributed by atoms with Gasteiger partial charge in [-0.25, -0.2) is 4.79 Å². The average Bonchev–Trinajstić information content (AvgIpc) is 3.01. The third kappa shape index (κ3) is 9.10. The van der Waals surface area contributed by atoms with E-state index in [1.807, 2.05) is 82.3 Å². The number of thioether (sulfide) groups is 1. The fourth-order valence-electron chi connectivity index (χ4n) is 3.61. The Bertz CT molecular complexity index is 1820. The lowest BCUT2D eigenvalue weighted by molar-refractivity contribution is -0.143. The molecule has 4 aromatic carbocycles. The second kappa shape index (κ2) is 14.2. The van der Waals surface area contributed by atoms with Gasteiger partial charge in [0, 0.05) is 38.8 Å². The molecule has 0 N–H and O–H groups in total. The molecule has 0 aliphatic carbocycles. The highest BCUT2D eigenvalue weighted by Crippen LogP contribution is 2.27. The molecule has 4 rings (SSSR count). The molecule has 44 heavy (non-hydrogen) atoms. The molecule has 218 valence electrons. The van der Waals surface area contributed by atoms with E-state index in [0.29, 0.717) is 17.1 Å². The zero-order valence-electron chi connectivity index (χ0n) is 24.9. The van der Waals surface area contributed by atoms with Gasteiger partial charge in [0.05, 0.1) is 5.41 Å². The standard InChI is InChI=1S/C38H30O5S/c1-6-35(39)42-32-22-18-31(19-23-32)36(40)44-34-24-17-30(25-26(34)2)14-13-28-9-7-27(8-10-28)11-12-29-15-20-33(21-16-29)43-37(41)38(3,4)5/h6-10,15-25H,1H2,2-5H3.